The number of carbonyl (C=O) groups excluding carboxylic acids is 1. The lowest BCUT2D eigenvalue weighted by Gasteiger charge is -2.18. The molecule has 0 bridgehead atoms. The van der Waals surface area contributed by atoms with Crippen molar-refractivity contribution in [3.63, 3.8) is 0 Å². The molecule has 0 atom stereocenters. The Bertz CT molecular complexity index is 2030. The van der Waals surface area contributed by atoms with E-state index in [1.165, 1.54) is 12.1 Å². The molecule has 0 saturated carbocycles. The van der Waals surface area contributed by atoms with Gasteiger partial charge in [0.1, 0.15) is 6.61 Å². The van der Waals surface area contributed by atoms with Gasteiger partial charge in [0, 0.05) is 59.3 Å². The number of halogens is 2. The quantitative estimate of drug-likeness (QED) is 0.0304. The van der Waals surface area contributed by atoms with Crippen LogP contribution in [0.1, 0.15) is 49.4 Å². The van der Waals surface area contributed by atoms with E-state index < -0.39 is 4.92 Å². The van der Waals surface area contributed by atoms with Gasteiger partial charge in [0.15, 0.2) is 0 Å². The number of nitro benzene ring substituents is 1. The molecule has 294 valence electrons. The minimum absolute atomic E-state index is 0.0112. The van der Waals surface area contributed by atoms with Crippen molar-refractivity contribution in [3.05, 3.63) is 98.5 Å². The average Bonchev–Trinajstić information content (AvgIpc) is 3.18. The number of non-ortho nitro benzene ring substituents is 1. The van der Waals surface area contributed by atoms with E-state index in [-0.39, 0.29) is 42.7 Å². The highest BCUT2D eigenvalue weighted by molar-refractivity contribution is 6.31. The first-order valence-corrected chi connectivity index (χ1v) is 18.7. The van der Waals surface area contributed by atoms with Crippen LogP contribution in [0.2, 0.25) is 10.0 Å². The van der Waals surface area contributed by atoms with Gasteiger partial charge in [0.25, 0.3) is 11.6 Å². The molecule has 56 heavy (non-hydrogen) atoms. The number of rotatable bonds is 22. The van der Waals surface area contributed by atoms with Crippen LogP contribution >= 0.6 is 23.2 Å². The minimum Gasteiger partial charge on any atom is -0.464 e. The van der Waals surface area contributed by atoms with Gasteiger partial charge < -0.3 is 35.6 Å². The molecule has 0 aliphatic rings. The van der Waals surface area contributed by atoms with Gasteiger partial charge in [-0.3, -0.25) is 14.9 Å². The van der Waals surface area contributed by atoms with Crippen LogP contribution in [0.25, 0.3) is 0 Å². The van der Waals surface area contributed by atoms with Crippen LogP contribution < -0.4 is 35.6 Å². The lowest BCUT2D eigenvalue weighted by atomic mass is 10.1. The molecular formula is C37H42Cl2N12O5. The van der Waals surface area contributed by atoms with E-state index in [0.29, 0.717) is 58.8 Å². The molecule has 3 aromatic carbocycles. The van der Waals surface area contributed by atoms with E-state index in [0.717, 1.165) is 37.8 Å². The molecule has 0 fully saturated rings. The summed E-state index contributed by atoms with van der Waals surface area (Å²) in [7, 11) is 1.91. The first-order valence-electron chi connectivity index (χ1n) is 18.0. The first kappa shape index (κ1) is 41.1. The van der Waals surface area contributed by atoms with Crippen molar-refractivity contribution in [2.75, 3.05) is 60.7 Å². The summed E-state index contributed by atoms with van der Waals surface area (Å²) in [5.41, 5.74) is 1.82. The maximum absolute atomic E-state index is 12.5. The molecule has 5 rings (SSSR count). The third-order valence-corrected chi connectivity index (χ3v) is 8.45. The van der Waals surface area contributed by atoms with Gasteiger partial charge in [-0.05, 0) is 80.4 Å². The topological polar surface area (TPSA) is 207 Å². The van der Waals surface area contributed by atoms with E-state index in [4.69, 9.17) is 32.7 Å². The van der Waals surface area contributed by atoms with Gasteiger partial charge in [-0.2, -0.15) is 29.9 Å². The molecule has 19 heteroatoms. The van der Waals surface area contributed by atoms with E-state index >= 15 is 0 Å². The molecule has 0 saturated heterocycles. The van der Waals surface area contributed by atoms with Crippen molar-refractivity contribution >= 4 is 70.0 Å². The summed E-state index contributed by atoms with van der Waals surface area (Å²) < 4.78 is 11.3. The lowest BCUT2D eigenvalue weighted by molar-refractivity contribution is -0.384. The summed E-state index contributed by atoms with van der Waals surface area (Å²) in [6.07, 6.45) is 4.80. The standard InChI is InChI=1S/C37H42Cl2N12O5/c1-3-55-36-46-32(44-33(47-36)42-29-17-19-30(20-18-29)51(53)54)41-21-7-5-4-6-8-23-50(2)35-45-34(43-28-15-13-27(39)14-16-28)48-37(49-35)56-24-22-40-31(52)25-9-11-26(38)12-10-25/h9-20H,3-8,21-24H2,1-2H3,(H,40,52)(H,43,45,48,49)(H2,41,42,44,46,47). The number of hydrogen-bond acceptors (Lipinski definition) is 15. The van der Waals surface area contributed by atoms with Crippen LogP contribution in [0.15, 0.2) is 72.8 Å². The summed E-state index contributed by atoms with van der Waals surface area (Å²) >= 11 is 12.0. The van der Waals surface area contributed by atoms with Crippen molar-refractivity contribution in [3.8, 4) is 12.0 Å². The molecule has 17 nitrogen and oxygen atoms in total. The number of benzene rings is 3. The zero-order valence-corrected chi connectivity index (χ0v) is 32.4. The molecule has 2 aromatic heterocycles. The van der Waals surface area contributed by atoms with E-state index in [1.54, 1.807) is 48.5 Å². The molecule has 1 amide bonds. The fourth-order valence-corrected chi connectivity index (χ4v) is 5.35. The number of aromatic nitrogens is 6. The molecule has 0 unspecified atom stereocenters. The number of unbranched alkanes of at least 4 members (excludes halogenated alkanes) is 4. The maximum atomic E-state index is 12.5. The molecule has 5 aromatic rings. The predicted octanol–water partition coefficient (Wildman–Crippen LogP) is 7.47. The predicted molar refractivity (Wildman–Crippen MR) is 216 cm³/mol. The van der Waals surface area contributed by atoms with Crippen molar-refractivity contribution in [1.82, 2.24) is 35.2 Å². The monoisotopic (exact) mass is 804 g/mol. The van der Waals surface area contributed by atoms with Crippen molar-refractivity contribution in [2.24, 2.45) is 0 Å². The van der Waals surface area contributed by atoms with E-state index in [1.807, 2.05) is 31.0 Å². The van der Waals surface area contributed by atoms with Crippen LogP contribution in [0.3, 0.4) is 0 Å². The molecular weight excluding hydrogens is 763 g/mol. The van der Waals surface area contributed by atoms with Gasteiger partial charge in [-0.1, -0.05) is 42.5 Å². The zero-order valence-electron chi connectivity index (χ0n) is 30.9. The van der Waals surface area contributed by atoms with E-state index in [2.05, 4.69) is 51.2 Å². The first-order chi connectivity index (χ1) is 27.1. The van der Waals surface area contributed by atoms with Gasteiger partial charge in [0.2, 0.25) is 23.8 Å². The smallest absolute Gasteiger partial charge is 0.323 e. The summed E-state index contributed by atoms with van der Waals surface area (Å²) in [4.78, 5) is 51.5. The van der Waals surface area contributed by atoms with Crippen molar-refractivity contribution < 1.29 is 19.2 Å². The Morgan fingerprint density at radius 3 is 1.95 bits per heavy atom. The molecule has 4 N–H and O–H groups in total. The highest BCUT2D eigenvalue weighted by Crippen LogP contribution is 2.22. The van der Waals surface area contributed by atoms with Crippen molar-refractivity contribution in [2.45, 2.75) is 39.0 Å². The molecule has 0 spiro atoms. The summed E-state index contributed by atoms with van der Waals surface area (Å²) in [6, 6.07) is 20.0. The van der Waals surface area contributed by atoms with Crippen molar-refractivity contribution in [1.29, 1.82) is 0 Å². The molecule has 2 heterocycles. The Hall–Kier alpha value is -6.07. The number of carbonyl (C=O) groups is 1. The van der Waals surface area contributed by atoms with Crippen LogP contribution in [0.5, 0.6) is 12.0 Å². The average molecular weight is 806 g/mol. The van der Waals surface area contributed by atoms with Crippen LogP contribution in [0, 0.1) is 10.1 Å². The molecule has 0 aliphatic heterocycles. The number of amides is 1. The fraction of sp³-hybridized carbons (Fsp3) is 0.324. The normalized spacial score (nSPS) is 10.7. The number of ether oxygens (including phenoxy) is 2. The van der Waals surface area contributed by atoms with Crippen LogP contribution in [-0.4, -0.2) is 80.6 Å². The second kappa shape index (κ2) is 21.1. The van der Waals surface area contributed by atoms with E-state index in [9.17, 15) is 14.9 Å². The highest BCUT2D eigenvalue weighted by atomic mass is 35.5. The number of nitrogens with zero attached hydrogens (tertiary/aromatic N) is 8. The van der Waals surface area contributed by atoms with Gasteiger partial charge >= 0.3 is 12.0 Å². The van der Waals surface area contributed by atoms with Gasteiger partial charge in [-0.15, -0.1) is 0 Å². The maximum Gasteiger partial charge on any atom is 0.323 e. The summed E-state index contributed by atoms with van der Waals surface area (Å²) in [5, 5.41) is 24.4. The Morgan fingerprint density at radius 1 is 0.714 bits per heavy atom. The lowest BCUT2D eigenvalue weighted by Crippen LogP contribution is -2.28. The second-order valence-electron chi connectivity index (χ2n) is 12.2. The highest BCUT2D eigenvalue weighted by Gasteiger charge is 2.14. The van der Waals surface area contributed by atoms with Gasteiger partial charge in [0.05, 0.1) is 18.1 Å². The summed E-state index contributed by atoms with van der Waals surface area (Å²) in [5.74, 6) is 1.12. The van der Waals surface area contributed by atoms with Gasteiger partial charge in [-0.25, -0.2) is 0 Å². The number of anilines is 6. The molecule has 0 aliphatic carbocycles. The Morgan fingerprint density at radius 2 is 1.29 bits per heavy atom. The minimum atomic E-state index is -0.458. The summed E-state index contributed by atoms with van der Waals surface area (Å²) in [6.45, 7) is 3.95. The zero-order chi connectivity index (χ0) is 39.7. The Kier molecular flexibility index (Phi) is 15.5. The van der Waals surface area contributed by atoms with Crippen LogP contribution in [-0.2, 0) is 0 Å². The Labute approximate surface area is 333 Å². The second-order valence-corrected chi connectivity index (χ2v) is 13.1. The number of nitrogens with one attached hydrogen (secondary N) is 4. The SMILES string of the molecule is CCOc1nc(NCCCCCCCN(C)c2nc(Nc3ccc(Cl)cc3)nc(OCCNC(=O)c3ccc(Cl)cc3)n2)nc(Nc2ccc([N+](=O)[O-])cc2)n1. The fourth-order valence-electron chi connectivity index (χ4n) is 5.09. The molecule has 0 radical (unpaired) electrons. The number of nitro groups is 1. The van der Waals surface area contributed by atoms with Crippen LogP contribution in [0.4, 0.5) is 40.9 Å². The largest absolute Gasteiger partial charge is 0.464 e. The number of hydrogen-bond donors (Lipinski definition) is 4. The third-order valence-electron chi connectivity index (χ3n) is 7.95. The Balaban J connectivity index is 1.07. The third kappa shape index (κ3) is 13.3.